The molecular weight excluding hydrogens is 219 g/mol. The molecule has 0 aliphatic carbocycles. The van der Waals surface area contributed by atoms with E-state index in [4.69, 9.17) is 0 Å². The van der Waals surface area contributed by atoms with Crippen LogP contribution in [0.25, 0.3) is 11.1 Å². The summed E-state index contributed by atoms with van der Waals surface area (Å²) >= 11 is 0. The van der Waals surface area contributed by atoms with Crippen molar-refractivity contribution in [2.45, 2.75) is 6.92 Å². The minimum Gasteiger partial charge on any atom is -0.545 e. The summed E-state index contributed by atoms with van der Waals surface area (Å²) < 4.78 is 13.8. The summed E-state index contributed by atoms with van der Waals surface area (Å²) in [6, 6.07) is 11.1. The second kappa shape index (κ2) is 4.37. The highest BCUT2D eigenvalue weighted by Gasteiger charge is 2.08. The Hall–Kier alpha value is -2.16. The molecule has 0 N–H and O–H groups in total. The molecule has 0 atom stereocenters. The van der Waals surface area contributed by atoms with Gasteiger partial charge in [-0.15, -0.1) is 0 Å². The van der Waals surface area contributed by atoms with Crippen LogP contribution >= 0.6 is 0 Å². The fourth-order valence-corrected chi connectivity index (χ4v) is 1.74. The summed E-state index contributed by atoms with van der Waals surface area (Å²) in [6.45, 7) is 1.88. The molecule has 0 spiro atoms. The molecule has 0 aliphatic rings. The third-order valence-electron chi connectivity index (χ3n) is 2.64. The number of carbonyl (C=O) groups excluding carboxylic acids is 1. The molecule has 0 saturated carbocycles. The number of carboxylic acids is 1. The normalized spacial score (nSPS) is 10.2. The molecule has 0 unspecified atom stereocenters. The minimum absolute atomic E-state index is 0.153. The molecule has 2 rings (SSSR count). The highest BCUT2D eigenvalue weighted by Crippen LogP contribution is 2.26. The average Bonchev–Trinajstić information content (AvgIpc) is 2.30. The van der Waals surface area contributed by atoms with Crippen LogP contribution in [0, 0.1) is 12.7 Å². The molecule has 0 saturated heterocycles. The first-order valence-electron chi connectivity index (χ1n) is 5.16. The summed E-state index contributed by atoms with van der Waals surface area (Å²) in [4.78, 5) is 10.6. The van der Waals surface area contributed by atoms with Crippen molar-refractivity contribution in [3.05, 3.63) is 59.4 Å². The van der Waals surface area contributed by atoms with Crippen molar-refractivity contribution < 1.29 is 14.3 Å². The average molecular weight is 229 g/mol. The summed E-state index contributed by atoms with van der Waals surface area (Å²) in [5.41, 5.74) is 1.94. The molecular formula is C14H10FO2-. The van der Waals surface area contributed by atoms with E-state index in [9.17, 15) is 14.3 Å². The second-order valence-electron chi connectivity index (χ2n) is 3.80. The van der Waals surface area contributed by atoms with E-state index in [1.165, 1.54) is 12.1 Å². The Morgan fingerprint density at radius 1 is 1.12 bits per heavy atom. The maximum Gasteiger partial charge on any atom is 0.131 e. The number of rotatable bonds is 2. The Kier molecular flexibility index (Phi) is 2.91. The lowest BCUT2D eigenvalue weighted by Gasteiger charge is -2.09. The van der Waals surface area contributed by atoms with Crippen molar-refractivity contribution in [1.29, 1.82) is 0 Å². The number of hydrogen-bond donors (Lipinski definition) is 0. The Morgan fingerprint density at radius 2 is 1.82 bits per heavy atom. The minimum atomic E-state index is -1.37. The zero-order valence-electron chi connectivity index (χ0n) is 9.24. The van der Waals surface area contributed by atoms with E-state index < -0.39 is 11.8 Å². The zero-order valence-corrected chi connectivity index (χ0v) is 9.24. The van der Waals surface area contributed by atoms with E-state index in [-0.39, 0.29) is 5.56 Å². The van der Waals surface area contributed by atoms with Crippen molar-refractivity contribution >= 4 is 5.97 Å². The number of carbonyl (C=O) groups is 1. The van der Waals surface area contributed by atoms with Gasteiger partial charge >= 0.3 is 0 Å². The van der Waals surface area contributed by atoms with E-state index in [1.54, 1.807) is 6.07 Å². The molecule has 3 heteroatoms. The molecule has 0 amide bonds. The number of aryl methyl sites for hydroxylation is 1. The molecule has 0 heterocycles. The molecule has 17 heavy (non-hydrogen) atoms. The van der Waals surface area contributed by atoms with Crippen molar-refractivity contribution in [2.24, 2.45) is 0 Å². The van der Waals surface area contributed by atoms with Gasteiger partial charge in [-0.1, -0.05) is 36.4 Å². The highest BCUT2D eigenvalue weighted by atomic mass is 19.1. The van der Waals surface area contributed by atoms with Gasteiger partial charge in [0.25, 0.3) is 0 Å². The van der Waals surface area contributed by atoms with Crippen LogP contribution in [0.15, 0.2) is 42.5 Å². The van der Waals surface area contributed by atoms with Crippen LogP contribution in [0.2, 0.25) is 0 Å². The topological polar surface area (TPSA) is 40.1 Å². The fourth-order valence-electron chi connectivity index (χ4n) is 1.74. The smallest absolute Gasteiger partial charge is 0.131 e. The molecule has 2 nitrogen and oxygen atoms in total. The SMILES string of the molecule is Cc1ccccc1-c1ccc(C(=O)[O-])cc1F. The third kappa shape index (κ3) is 2.18. The van der Waals surface area contributed by atoms with Crippen molar-refractivity contribution in [3.63, 3.8) is 0 Å². The molecule has 2 aromatic carbocycles. The van der Waals surface area contributed by atoms with Gasteiger partial charge in [-0.3, -0.25) is 0 Å². The van der Waals surface area contributed by atoms with Crippen molar-refractivity contribution in [3.8, 4) is 11.1 Å². The summed E-state index contributed by atoms with van der Waals surface area (Å²) in [6.07, 6.45) is 0. The van der Waals surface area contributed by atoms with Crippen LogP contribution in [-0.2, 0) is 0 Å². The predicted molar refractivity (Wildman–Crippen MR) is 60.9 cm³/mol. The largest absolute Gasteiger partial charge is 0.545 e. The van der Waals surface area contributed by atoms with Gasteiger partial charge in [0.05, 0.1) is 5.97 Å². The van der Waals surface area contributed by atoms with Gasteiger partial charge in [-0.2, -0.15) is 0 Å². The number of hydrogen-bond acceptors (Lipinski definition) is 2. The molecule has 86 valence electrons. The monoisotopic (exact) mass is 229 g/mol. The summed E-state index contributed by atoms with van der Waals surface area (Å²) in [5, 5.41) is 10.6. The maximum absolute atomic E-state index is 13.8. The van der Waals surface area contributed by atoms with Crippen LogP contribution in [0.3, 0.4) is 0 Å². The van der Waals surface area contributed by atoms with Crippen LogP contribution in [0.4, 0.5) is 4.39 Å². The lowest BCUT2D eigenvalue weighted by Crippen LogP contribution is -2.22. The first kappa shape index (κ1) is 11.3. The molecule has 0 aromatic heterocycles. The Labute approximate surface area is 98.3 Å². The highest BCUT2D eigenvalue weighted by molar-refractivity contribution is 5.86. The Bertz CT molecular complexity index is 576. The van der Waals surface area contributed by atoms with Gasteiger partial charge < -0.3 is 9.90 Å². The maximum atomic E-state index is 13.8. The van der Waals surface area contributed by atoms with Crippen LogP contribution < -0.4 is 5.11 Å². The Morgan fingerprint density at radius 3 is 2.41 bits per heavy atom. The van der Waals surface area contributed by atoms with Crippen LogP contribution in [0.1, 0.15) is 15.9 Å². The summed E-state index contributed by atoms with van der Waals surface area (Å²) in [7, 11) is 0. The van der Waals surface area contributed by atoms with E-state index in [1.807, 2.05) is 25.1 Å². The second-order valence-corrected chi connectivity index (χ2v) is 3.80. The van der Waals surface area contributed by atoms with E-state index >= 15 is 0 Å². The molecule has 0 radical (unpaired) electrons. The molecule has 2 aromatic rings. The Balaban J connectivity index is 2.55. The van der Waals surface area contributed by atoms with Gasteiger partial charge in [-0.25, -0.2) is 4.39 Å². The number of aromatic carboxylic acids is 1. The number of benzene rings is 2. The van der Waals surface area contributed by atoms with Gasteiger partial charge in [-0.05, 0) is 24.1 Å². The lowest BCUT2D eigenvalue weighted by atomic mass is 9.99. The van der Waals surface area contributed by atoms with E-state index in [0.717, 1.165) is 17.2 Å². The van der Waals surface area contributed by atoms with Crippen LogP contribution in [0.5, 0.6) is 0 Å². The molecule has 0 aliphatic heterocycles. The number of halogens is 1. The van der Waals surface area contributed by atoms with Gasteiger partial charge in [0.15, 0.2) is 0 Å². The van der Waals surface area contributed by atoms with Gasteiger partial charge in [0, 0.05) is 11.1 Å². The zero-order chi connectivity index (χ0) is 12.4. The van der Waals surface area contributed by atoms with E-state index in [0.29, 0.717) is 5.56 Å². The third-order valence-corrected chi connectivity index (χ3v) is 2.64. The van der Waals surface area contributed by atoms with E-state index in [2.05, 4.69) is 0 Å². The van der Waals surface area contributed by atoms with Gasteiger partial charge in [0.1, 0.15) is 5.82 Å². The standard InChI is InChI=1S/C14H11FO2/c1-9-4-2-3-5-11(9)12-7-6-10(14(16)17)8-13(12)15/h2-8H,1H3,(H,16,17)/p-1. The first-order valence-corrected chi connectivity index (χ1v) is 5.16. The molecule has 0 fully saturated rings. The quantitative estimate of drug-likeness (QED) is 0.791. The fraction of sp³-hybridized carbons (Fsp3) is 0.0714. The van der Waals surface area contributed by atoms with Crippen molar-refractivity contribution in [2.75, 3.05) is 0 Å². The van der Waals surface area contributed by atoms with Gasteiger partial charge in [0.2, 0.25) is 0 Å². The molecule has 0 bridgehead atoms. The first-order chi connectivity index (χ1) is 8.09. The van der Waals surface area contributed by atoms with Crippen molar-refractivity contribution in [1.82, 2.24) is 0 Å². The number of carboxylic acid groups (broad SMARTS) is 1. The summed E-state index contributed by atoms with van der Waals surface area (Å²) in [5.74, 6) is -1.93. The lowest BCUT2D eigenvalue weighted by molar-refractivity contribution is -0.255. The predicted octanol–water partition coefficient (Wildman–Crippen LogP) is 2.16. The van der Waals surface area contributed by atoms with Crippen LogP contribution in [-0.4, -0.2) is 5.97 Å².